The lowest BCUT2D eigenvalue weighted by molar-refractivity contribution is -0.327. The summed E-state index contributed by atoms with van der Waals surface area (Å²) in [6.07, 6.45) is -1.47. The molecule has 0 bridgehead atoms. The Morgan fingerprint density at radius 2 is 1.38 bits per heavy atom. The number of rotatable bonds is 7. The molecule has 11 nitrogen and oxygen atoms in total. The van der Waals surface area contributed by atoms with Crippen LogP contribution in [0.4, 0.5) is 0 Å². The molecule has 5 saturated carbocycles. The standard InChI is InChI=1S/C42H70O11/c1-21(2)23-11-16-42(20-50-36-34(48)33(47)31(45)25(19-43)52-36)18-17-40(7)24(29(23)42)9-10-27-39(6)14-13-28(38(4,5)26(39)12-15-41(27,40)8)53-37-35(49)32(46)30(44)22(3)51-37/h22-37,43-49H,1,9-20H2,2-8H3/t22-,23-,24+,25+,26-,27+,28-,29+,30-,31+,32+,33-,34+,35+,36+,37-,39-,40+,41+,42+/m0/s1. The predicted octanol–water partition coefficient (Wildman–Crippen LogP) is 3.67. The molecule has 7 N–H and O–H groups in total. The Bertz CT molecular complexity index is 1360. The fourth-order valence-corrected chi connectivity index (χ4v) is 14.5. The van der Waals surface area contributed by atoms with Crippen LogP contribution in [0, 0.1) is 56.7 Å². The first-order chi connectivity index (χ1) is 24.8. The predicted molar refractivity (Wildman–Crippen MR) is 196 cm³/mol. The van der Waals surface area contributed by atoms with Gasteiger partial charge in [-0.3, -0.25) is 0 Å². The zero-order chi connectivity index (χ0) is 38.6. The lowest BCUT2D eigenvalue weighted by Crippen LogP contribution is -2.67. The molecule has 7 fully saturated rings. The van der Waals surface area contributed by atoms with Crippen molar-refractivity contribution in [3.8, 4) is 0 Å². The van der Waals surface area contributed by atoms with Gasteiger partial charge in [0.1, 0.15) is 42.7 Å². The Morgan fingerprint density at radius 3 is 2.06 bits per heavy atom. The van der Waals surface area contributed by atoms with Crippen LogP contribution in [0.3, 0.4) is 0 Å². The van der Waals surface area contributed by atoms with E-state index >= 15 is 0 Å². The Hall–Kier alpha value is -0.700. The van der Waals surface area contributed by atoms with Crippen molar-refractivity contribution < 1.29 is 54.7 Å². The van der Waals surface area contributed by atoms with Crippen LogP contribution < -0.4 is 0 Å². The summed E-state index contributed by atoms with van der Waals surface area (Å²) in [4.78, 5) is 0. The summed E-state index contributed by atoms with van der Waals surface area (Å²) < 4.78 is 24.7. The van der Waals surface area contributed by atoms with Crippen LogP contribution in [0.25, 0.3) is 0 Å². The second-order valence-electron chi connectivity index (χ2n) is 20.2. The first-order valence-electron chi connectivity index (χ1n) is 20.7. The van der Waals surface area contributed by atoms with Crippen LogP contribution in [0.5, 0.6) is 0 Å². The summed E-state index contributed by atoms with van der Waals surface area (Å²) in [7, 11) is 0. The summed E-state index contributed by atoms with van der Waals surface area (Å²) in [5.41, 5.74) is 1.23. The lowest BCUT2D eigenvalue weighted by atomic mass is 9.32. The highest BCUT2D eigenvalue weighted by Crippen LogP contribution is 2.77. The molecule has 5 aliphatic carbocycles. The van der Waals surface area contributed by atoms with E-state index in [1.165, 1.54) is 5.57 Å². The summed E-state index contributed by atoms with van der Waals surface area (Å²) in [6, 6.07) is 0. The van der Waals surface area contributed by atoms with Crippen LogP contribution in [0.1, 0.15) is 113 Å². The number of allylic oxidation sites excluding steroid dienone is 1. The van der Waals surface area contributed by atoms with Gasteiger partial charge < -0.3 is 54.7 Å². The monoisotopic (exact) mass is 750 g/mol. The van der Waals surface area contributed by atoms with E-state index in [1.54, 1.807) is 6.92 Å². The maximum absolute atomic E-state index is 10.8. The Kier molecular flexibility index (Phi) is 10.7. The minimum Gasteiger partial charge on any atom is -0.394 e. The van der Waals surface area contributed by atoms with Crippen molar-refractivity contribution in [3.05, 3.63) is 12.2 Å². The second kappa shape index (κ2) is 14.0. The quantitative estimate of drug-likeness (QED) is 0.149. The van der Waals surface area contributed by atoms with Crippen molar-refractivity contribution >= 4 is 0 Å². The minimum absolute atomic E-state index is 0.101. The van der Waals surface area contributed by atoms with Gasteiger partial charge in [0.05, 0.1) is 25.4 Å². The van der Waals surface area contributed by atoms with Crippen LogP contribution in [0.2, 0.25) is 0 Å². The molecule has 0 spiro atoms. The Morgan fingerprint density at radius 1 is 0.698 bits per heavy atom. The van der Waals surface area contributed by atoms with Gasteiger partial charge in [-0.25, -0.2) is 0 Å². The SMILES string of the molecule is C=C(C)[C@@H]1CC[C@]2(CO[C@@H]3O[C@H](CO)[C@@H](O)[C@H](O)[C@H]3O)CC[C@]3(C)[C@H](CC[C@@H]4[C@@]5(C)CC[C@H](O[C@@H]6O[C@@H](C)[C@H](O)[C@@H](O)[C@H]6O)C(C)(C)[C@@H]5CC[C@]43C)[C@@H]12. The number of hydrogen-bond acceptors (Lipinski definition) is 11. The van der Waals surface area contributed by atoms with Gasteiger partial charge in [0.15, 0.2) is 12.6 Å². The van der Waals surface area contributed by atoms with Gasteiger partial charge in [0, 0.05) is 0 Å². The fraction of sp³-hybridized carbons (Fsp3) is 0.952. The Balaban J connectivity index is 1.12. The third-order valence-electron chi connectivity index (χ3n) is 17.7. The van der Waals surface area contributed by atoms with Gasteiger partial charge >= 0.3 is 0 Å². The zero-order valence-corrected chi connectivity index (χ0v) is 33.2. The smallest absolute Gasteiger partial charge is 0.186 e. The summed E-state index contributed by atoms with van der Waals surface area (Å²) in [6.45, 7) is 20.7. The van der Waals surface area contributed by atoms with Crippen LogP contribution in [0.15, 0.2) is 12.2 Å². The molecular weight excluding hydrogens is 680 g/mol. The molecule has 0 radical (unpaired) electrons. The highest BCUT2D eigenvalue weighted by molar-refractivity contribution is 5.22. The molecule has 0 aromatic heterocycles. The molecule has 2 heterocycles. The van der Waals surface area contributed by atoms with Crippen LogP contribution >= 0.6 is 0 Å². The van der Waals surface area contributed by atoms with Crippen LogP contribution in [-0.4, -0.2) is 116 Å². The molecule has 0 aromatic rings. The fourth-order valence-electron chi connectivity index (χ4n) is 14.5. The summed E-state index contributed by atoms with van der Waals surface area (Å²) in [5.74, 6) is 2.15. The van der Waals surface area contributed by atoms with Crippen LogP contribution in [-0.2, 0) is 18.9 Å². The number of fused-ring (bicyclic) bond motifs is 7. The van der Waals surface area contributed by atoms with Crippen molar-refractivity contribution in [1.29, 1.82) is 0 Å². The molecule has 7 aliphatic rings. The molecule has 0 aromatic carbocycles. The number of hydrogen-bond donors (Lipinski definition) is 7. The molecule has 2 aliphatic heterocycles. The maximum atomic E-state index is 10.8. The highest BCUT2D eigenvalue weighted by atomic mass is 16.7. The average Bonchev–Trinajstić information content (AvgIpc) is 3.50. The number of ether oxygens (including phenoxy) is 4. The van der Waals surface area contributed by atoms with Crippen molar-refractivity contribution in [2.45, 2.75) is 180 Å². The third-order valence-corrected chi connectivity index (χ3v) is 17.7. The van der Waals surface area contributed by atoms with Gasteiger partial charge in [-0.05, 0) is 135 Å². The van der Waals surface area contributed by atoms with Gasteiger partial charge in [-0.15, -0.1) is 0 Å². The summed E-state index contributed by atoms with van der Waals surface area (Å²) >= 11 is 0. The van der Waals surface area contributed by atoms with Gasteiger partial charge in [-0.2, -0.15) is 0 Å². The zero-order valence-electron chi connectivity index (χ0n) is 33.2. The highest BCUT2D eigenvalue weighted by Gasteiger charge is 2.71. The van der Waals surface area contributed by atoms with E-state index in [0.29, 0.717) is 36.2 Å². The normalized spacial score (nSPS) is 56.4. The maximum Gasteiger partial charge on any atom is 0.186 e. The van der Waals surface area contributed by atoms with E-state index in [2.05, 4.69) is 48.1 Å². The molecule has 0 unspecified atom stereocenters. The minimum atomic E-state index is -1.46. The largest absolute Gasteiger partial charge is 0.394 e. The Labute approximate surface area is 316 Å². The molecular formula is C42H70O11. The van der Waals surface area contributed by atoms with E-state index in [4.69, 9.17) is 18.9 Å². The molecule has 304 valence electrons. The molecule has 0 amide bonds. The van der Waals surface area contributed by atoms with Crippen molar-refractivity contribution in [2.24, 2.45) is 56.7 Å². The summed E-state index contributed by atoms with van der Waals surface area (Å²) in [5, 5.41) is 73.0. The molecule has 20 atom stereocenters. The third kappa shape index (κ3) is 5.99. The molecule has 7 rings (SSSR count). The first kappa shape index (κ1) is 40.5. The van der Waals surface area contributed by atoms with E-state index in [0.717, 1.165) is 64.2 Å². The van der Waals surface area contributed by atoms with Crippen molar-refractivity contribution in [2.75, 3.05) is 13.2 Å². The van der Waals surface area contributed by atoms with E-state index in [9.17, 15) is 35.7 Å². The lowest BCUT2D eigenvalue weighted by Gasteiger charge is -2.73. The molecule has 11 heteroatoms. The topological polar surface area (TPSA) is 179 Å². The van der Waals surface area contributed by atoms with Crippen molar-refractivity contribution in [1.82, 2.24) is 0 Å². The number of aliphatic hydroxyl groups excluding tert-OH is 7. The average molecular weight is 751 g/mol. The van der Waals surface area contributed by atoms with Gasteiger partial charge in [-0.1, -0.05) is 46.8 Å². The number of aliphatic hydroxyl groups is 7. The van der Waals surface area contributed by atoms with E-state index in [-0.39, 0.29) is 33.2 Å². The van der Waals surface area contributed by atoms with Gasteiger partial charge in [0.2, 0.25) is 0 Å². The van der Waals surface area contributed by atoms with Crippen molar-refractivity contribution in [3.63, 3.8) is 0 Å². The molecule has 2 saturated heterocycles. The second-order valence-corrected chi connectivity index (χ2v) is 20.2. The van der Waals surface area contributed by atoms with E-state index < -0.39 is 68.0 Å². The first-order valence-corrected chi connectivity index (χ1v) is 20.7. The van der Waals surface area contributed by atoms with Gasteiger partial charge in [0.25, 0.3) is 0 Å². The van der Waals surface area contributed by atoms with E-state index in [1.807, 2.05) is 0 Å². The molecule has 53 heavy (non-hydrogen) atoms.